The van der Waals surface area contributed by atoms with E-state index >= 15 is 0 Å². The molecule has 0 aromatic carbocycles. The highest BCUT2D eigenvalue weighted by Gasteiger charge is 2.25. The number of hydrogen-bond acceptors (Lipinski definition) is 3. The Bertz CT molecular complexity index is 413. The van der Waals surface area contributed by atoms with Crippen LogP contribution >= 0.6 is 23.2 Å². The Balaban J connectivity index is 3.28. The van der Waals surface area contributed by atoms with Crippen molar-refractivity contribution in [2.45, 2.75) is 13.3 Å². The number of aromatic nitrogens is 1. The number of alkyl halides is 2. The molecule has 1 rings (SSSR count). The largest absolute Gasteiger partial charge is 0.462 e. The molecule has 0 unspecified atom stereocenters. The number of ether oxygens (including phenoxy) is 1. The molecule has 0 atom stereocenters. The van der Waals surface area contributed by atoms with Gasteiger partial charge in [0.1, 0.15) is 5.15 Å². The van der Waals surface area contributed by atoms with Crippen LogP contribution in [0.1, 0.15) is 29.3 Å². The molecule has 0 aliphatic heterocycles. The summed E-state index contributed by atoms with van der Waals surface area (Å²) in [5.74, 6) is -0.899. The number of hydrogen-bond donors (Lipinski definition) is 0. The summed E-state index contributed by atoms with van der Waals surface area (Å²) in [7, 11) is 0. The van der Waals surface area contributed by atoms with E-state index in [0.29, 0.717) is 0 Å². The smallest absolute Gasteiger partial charge is 0.340 e. The molecule has 88 valence electrons. The van der Waals surface area contributed by atoms with E-state index < -0.39 is 23.0 Å². The molecule has 0 aliphatic carbocycles. The van der Waals surface area contributed by atoms with E-state index in [4.69, 9.17) is 23.2 Å². The Kier molecular flexibility index (Phi) is 4.44. The molecule has 0 bridgehead atoms. The van der Waals surface area contributed by atoms with Crippen LogP contribution in [0.3, 0.4) is 0 Å². The molecule has 1 aromatic heterocycles. The van der Waals surface area contributed by atoms with Gasteiger partial charge in [-0.2, -0.15) is 0 Å². The van der Waals surface area contributed by atoms with Crippen LogP contribution in [0.25, 0.3) is 0 Å². The molecule has 0 N–H and O–H groups in total. The number of esters is 1. The van der Waals surface area contributed by atoms with Crippen molar-refractivity contribution in [3.8, 4) is 0 Å². The molecule has 1 aromatic rings. The van der Waals surface area contributed by atoms with Crippen LogP contribution in [-0.4, -0.2) is 17.6 Å². The topological polar surface area (TPSA) is 39.2 Å². The Morgan fingerprint density at radius 1 is 1.56 bits per heavy atom. The van der Waals surface area contributed by atoms with Crippen LogP contribution in [0, 0.1) is 0 Å². The quantitative estimate of drug-likeness (QED) is 0.623. The van der Waals surface area contributed by atoms with Gasteiger partial charge in [0, 0.05) is 6.20 Å². The van der Waals surface area contributed by atoms with E-state index in [9.17, 15) is 13.6 Å². The fourth-order valence-corrected chi connectivity index (χ4v) is 1.45. The first kappa shape index (κ1) is 13.1. The summed E-state index contributed by atoms with van der Waals surface area (Å²) in [6.45, 7) is 1.63. The zero-order valence-corrected chi connectivity index (χ0v) is 9.65. The Morgan fingerprint density at radius 2 is 2.19 bits per heavy atom. The lowest BCUT2D eigenvalue weighted by molar-refractivity contribution is 0.0515. The summed E-state index contributed by atoms with van der Waals surface area (Å²) in [5.41, 5.74) is -1.02. The number of halogens is 4. The van der Waals surface area contributed by atoms with E-state index in [2.05, 4.69) is 9.72 Å². The van der Waals surface area contributed by atoms with E-state index in [1.807, 2.05) is 0 Å². The zero-order chi connectivity index (χ0) is 12.3. The molecule has 3 nitrogen and oxygen atoms in total. The minimum absolute atomic E-state index is 0.0712. The van der Waals surface area contributed by atoms with Crippen molar-refractivity contribution in [3.63, 3.8) is 0 Å². The first-order valence-electron chi connectivity index (χ1n) is 4.28. The molecular formula is C9H7Cl2F2NO2. The summed E-state index contributed by atoms with van der Waals surface area (Å²) < 4.78 is 30.0. The third-order valence-electron chi connectivity index (χ3n) is 1.73. The monoisotopic (exact) mass is 269 g/mol. The van der Waals surface area contributed by atoms with E-state index in [1.54, 1.807) is 6.92 Å². The zero-order valence-electron chi connectivity index (χ0n) is 8.14. The van der Waals surface area contributed by atoms with Gasteiger partial charge < -0.3 is 4.74 Å². The lowest BCUT2D eigenvalue weighted by atomic mass is 10.1. The average molecular weight is 270 g/mol. The number of carbonyl (C=O) groups excluding carboxylic acids is 1. The van der Waals surface area contributed by atoms with Gasteiger partial charge in [-0.1, -0.05) is 23.2 Å². The molecule has 16 heavy (non-hydrogen) atoms. The lowest BCUT2D eigenvalue weighted by Crippen LogP contribution is -2.10. The number of rotatable bonds is 3. The SMILES string of the molecule is CCOC(=O)c1cnc(Cl)c(Cl)c1C(F)F. The fourth-order valence-electron chi connectivity index (χ4n) is 1.06. The van der Waals surface area contributed by atoms with E-state index in [-0.39, 0.29) is 17.3 Å². The van der Waals surface area contributed by atoms with E-state index in [0.717, 1.165) is 6.20 Å². The molecule has 0 fully saturated rings. The highest BCUT2D eigenvalue weighted by Crippen LogP contribution is 2.34. The maximum absolute atomic E-state index is 12.7. The van der Waals surface area contributed by atoms with Gasteiger partial charge in [0.15, 0.2) is 0 Å². The molecule has 0 amide bonds. The fraction of sp³-hybridized carbons (Fsp3) is 0.333. The molecular weight excluding hydrogens is 263 g/mol. The summed E-state index contributed by atoms with van der Waals surface area (Å²) in [6.07, 6.45) is -2.00. The first-order chi connectivity index (χ1) is 7.49. The van der Waals surface area contributed by atoms with Crippen LogP contribution in [0.2, 0.25) is 10.2 Å². The minimum Gasteiger partial charge on any atom is -0.462 e. The number of carbonyl (C=O) groups is 1. The van der Waals surface area contributed by atoms with Gasteiger partial charge >= 0.3 is 5.97 Å². The highest BCUT2D eigenvalue weighted by atomic mass is 35.5. The van der Waals surface area contributed by atoms with Gasteiger partial charge in [0.05, 0.1) is 22.8 Å². The van der Waals surface area contributed by atoms with E-state index in [1.165, 1.54) is 0 Å². The summed E-state index contributed by atoms with van der Waals surface area (Å²) in [6, 6.07) is 0. The summed E-state index contributed by atoms with van der Waals surface area (Å²) in [5, 5.41) is -0.702. The Labute approximate surface area is 100 Å². The number of nitrogens with zero attached hydrogens (tertiary/aromatic N) is 1. The van der Waals surface area contributed by atoms with Crippen molar-refractivity contribution < 1.29 is 18.3 Å². The van der Waals surface area contributed by atoms with Crippen LogP contribution in [0.4, 0.5) is 8.78 Å². The molecule has 0 radical (unpaired) electrons. The highest BCUT2D eigenvalue weighted by molar-refractivity contribution is 6.42. The first-order valence-corrected chi connectivity index (χ1v) is 5.03. The molecule has 1 heterocycles. The number of pyridine rings is 1. The Morgan fingerprint density at radius 3 is 2.69 bits per heavy atom. The predicted molar refractivity (Wildman–Crippen MR) is 55.2 cm³/mol. The summed E-state index contributed by atoms with van der Waals surface area (Å²) >= 11 is 11.0. The molecule has 0 saturated heterocycles. The van der Waals surface area contributed by atoms with Gasteiger partial charge in [-0.05, 0) is 6.92 Å². The van der Waals surface area contributed by atoms with Crippen molar-refractivity contribution in [1.82, 2.24) is 4.98 Å². The van der Waals surface area contributed by atoms with Crippen molar-refractivity contribution in [3.05, 3.63) is 27.5 Å². The van der Waals surface area contributed by atoms with Crippen LogP contribution in [0.15, 0.2) is 6.20 Å². The van der Waals surface area contributed by atoms with Crippen LogP contribution in [0.5, 0.6) is 0 Å². The second-order valence-electron chi connectivity index (χ2n) is 2.71. The van der Waals surface area contributed by atoms with Crippen molar-refractivity contribution >= 4 is 29.2 Å². The molecule has 7 heteroatoms. The van der Waals surface area contributed by atoms with Crippen molar-refractivity contribution in [2.75, 3.05) is 6.61 Å². The van der Waals surface area contributed by atoms with Crippen molar-refractivity contribution in [2.24, 2.45) is 0 Å². The average Bonchev–Trinajstić information content (AvgIpc) is 2.21. The van der Waals surface area contributed by atoms with Crippen LogP contribution in [-0.2, 0) is 4.74 Å². The minimum atomic E-state index is -2.92. The predicted octanol–water partition coefficient (Wildman–Crippen LogP) is 3.50. The van der Waals surface area contributed by atoms with Crippen LogP contribution < -0.4 is 0 Å². The lowest BCUT2D eigenvalue weighted by Gasteiger charge is -2.10. The normalized spacial score (nSPS) is 10.6. The van der Waals surface area contributed by atoms with Gasteiger partial charge in [0.25, 0.3) is 6.43 Å². The maximum atomic E-state index is 12.7. The standard InChI is InChI=1S/C9H7Cl2F2NO2/c1-2-16-9(15)4-3-14-7(11)6(10)5(4)8(12)13/h3,8H,2H2,1H3. The van der Waals surface area contributed by atoms with Gasteiger partial charge in [-0.15, -0.1) is 0 Å². The molecule has 0 spiro atoms. The van der Waals surface area contributed by atoms with Gasteiger partial charge in [-0.3, -0.25) is 0 Å². The van der Waals surface area contributed by atoms with Gasteiger partial charge in [0.2, 0.25) is 0 Å². The van der Waals surface area contributed by atoms with Gasteiger partial charge in [-0.25, -0.2) is 18.6 Å². The second-order valence-corrected chi connectivity index (χ2v) is 3.45. The van der Waals surface area contributed by atoms with Crippen molar-refractivity contribution in [1.29, 1.82) is 0 Å². The second kappa shape index (κ2) is 5.41. The molecule has 0 aliphatic rings. The summed E-state index contributed by atoms with van der Waals surface area (Å²) in [4.78, 5) is 14.9. The molecule has 0 saturated carbocycles. The third-order valence-corrected chi connectivity index (χ3v) is 2.49. The Hall–Kier alpha value is -0.940. The third kappa shape index (κ3) is 2.59. The maximum Gasteiger partial charge on any atom is 0.340 e.